The maximum absolute atomic E-state index is 10.5. The van der Waals surface area contributed by atoms with E-state index in [0.29, 0.717) is 0 Å². The van der Waals surface area contributed by atoms with Gasteiger partial charge >= 0.3 is 0 Å². The summed E-state index contributed by atoms with van der Waals surface area (Å²) in [6.07, 6.45) is 1.85. The Morgan fingerprint density at radius 1 is 1.89 bits per heavy atom. The molecule has 0 aromatic heterocycles. The van der Waals surface area contributed by atoms with E-state index in [4.69, 9.17) is 10.8 Å². The number of hydrogen-bond donors (Lipinski definition) is 3. The van der Waals surface area contributed by atoms with E-state index in [-0.39, 0.29) is 5.91 Å². The molecule has 0 aliphatic carbocycles. The van der Waals surface area contributed by atoms with Gasteiger partial charge in [-0.3, -0.25) is 4.79 Å². The second-order valence-electron chi connectivity index (χ2n) is 1.61. The fraction of sp³-hybridized carbons (Fsp3) is 0.400. The number of aliphatic hydroxyl groups is 1. The molecule has 0 spiro atoms. The quantitative estimate of drug-likeness (QED) is 0.440. The predicted octanol–water partition coefficient (Wildman–Crippen LogP) is -0.521. The molecule has 1 amide bonds. The summed E-state index contributed by atoms with van der Waals surface area (Å²) in [5, 5.41) is 10.3. The molecule has 0 fully saturated rings. The number of nitrogens with one attached hydrogen (secondary N) is 1. The predicted molar refractivity (Wildman–Crippen MR) is 33.6 cm³/mol. The van der Waals surface area contributed by atoms with E-state index in [2.05, 4.69) is 5.32 Å². The lowest BCUT2D eigenvalue weighted by Crippen LogP contribution is -2.35. The van der Waals surface area contributed by atoms with Crippen LogP contribution in [0.1, 0.15) is 6.92 Å². The first-order valence-corrected chi connectivity index (χ1v) is 2.53. The molecular weight excluding hydrogens is 120 g/mol. The van der Waals surface area contributed by atoms with E-state index in [1.165, 1.54) is 0 Å². The second kappa shape index (κ2) is 3.91. The molecule has 0 radical (unpaired) electrons. The van der Waals surface area contributed by atoms with Crippen molar-refractivity contribution in [2.24, 2.45) is 5.73 Å². The molecule has 1 unspecified atom stereocenters. The van der Waals surface area contributed by atoms with Gasteiger partial charge < -0.3 is 16.2 Å². The monoisotopic (exact) mass is 130 g/mol. The van der Waals surface area contributed by atoms with E-state index in [1.807, 2.05) is 0 Å². The zero-order valence-electron chi connectivity index (χ0n) is 5.16. The summed E-state index contributed by atoms with van der Waals surface area (Å²) < 4.78 is 0. The zero-order valence-corrected chi connectivity index (χ0v) is 5.16. The van der Waals surface area contributed by atoms with Crippen LogP contribution in [-0.4, -0.2) is 17.1 Å². The standard InChI is InChI=1S/C5H10N2O2/c1-4(6)5(9)7-2-3-8/h2-4,8H,6H2,1H3,(H,7,9)/b3-2-. The average Bonchev–Trinajstić information content (AvgIpc) is 1.82. The fourth-order valence-corrected chi connectivity index (χ4v) is 0.251. The molecular formula is C5H10N2O2. The van der Waals surface area contributed by atoms with Crippen LogP contribution in [0.15, 0.2) is 12.5 Å². The van der Waals surface area contributed by atoms with E-state index < -0.39 is 6.04 Å². The third kappa shape index (κ3) is 3.54. The topological polar surface area (TPSA) is 75.4 Å². The highest BCUT2D eigenvalue weighted by molar-refractivity contribution is 5.81. The van der Waals surface area contributed by atoms with E-state index in [9.17, 15) is 4.79 Å². The Bertz CT molecular complexity index is 120. The molecule has 0 aromatic carbocycles. The fourth-order valence-electron chi connectivity index (χ4n) is 0.251. The number of nitrogens with two attached hydrogens (primary N) is 1. The Morgan fingerprint density at radius 3 is 2.78 bits per heavy atom. The molecule has 0 heterocycles. The Morgan fingerprint density at radius 2 is 2.44 bits per heavy atom. The second-order valence-corrected chi connectivity index (χ2v) is 1.61. The number of carbonyl (C=O) groups excluding carboxylic acids is 1. The largest absolute Gasteiger partial charge is 0.514 e. The van der Waals surface area contributed by atoms with Crippen molar-refractivity contribution in [3.63, 3.8) is 0 Å². The van der Waals surface area contributed by atoms with Crippen molar-refractivity contribution < 1.29 is 9.90 Å². The van der Waals surface area contributed by atoms with Crippen LogP contribution in [0.3, 0.4) is 0 Å². The van der Waals surface area contributed by atoms with Crippen LogP contribution in [0.5, 0.6) is 0 Å². The smallest absolute Gasteiger partial charge is 0.240 e. The molecule has 1 atom stereocenters. The molecule has 0 saturated heterocycles. The maximum atomic E-state index is 10.5. The summed E-state index contributed by atoms with van der Waals surface area (Å²) in [6.45, 7) is 1.56. The van der Waals surface area contributed by atoms with Crippen molar-refractivity contribution in [1.29, 1.82) is 0 Å². The third-order valence-corrected chi connectivity index (χ3v) is 0.714. The van der Waals surface area contributed by atoms with E-state index >= 15 is 0 Å². The highest BCUT2D eigenvalue weighted by Crippen LogP contribution is 1.73. The number of amides is 1. The molecule has 0 aliphatic heterocycles. The highest BCUT2D eigenvalue weighted by Gasteiger charge is 2.02. The van der Waals surface area contributed by atoms with Gasteiger partial charge in [0.25, 0.3) is 0 Å². The summed E-state index contributed by atoms with van der Waals surface area (Å²) in [5.41, 5.74) is 5.15. The van der Waals surface area contributed by atoms with Gasteiger partial charge in [0, 0.05) is 6.20 Å². The lowest BCUT2D eigenvalue weighted by molar-refractivity contribution is -0.121. The van der Waals surface area contributed by atoms with Crippen molar-refractivity contribution >= 4 is 5.91 Å². The summed E-state index contributed by atoms with van der Waals surface area (Å²) in [7, 11) is 0. The first kappa shape index (κ1) is 7.97. The summed E-state index contributed by atoms with van der Waals surface area (Å²) in [5.74, 6) is -0.319. The first-order valence-electron chi connectivity index (χ1n) is 2.53. The lowest BCUT2D eigenvalue weighted by Gasteiger charge is -2.00. The molecule has 4 N–H and O–H groups in total. The Labute approximate surface area is 53.4 Å². The SMILES string of the molecule is CC(N)C(=O)N/C=C\O. The number of aliphatic hydroxyl groups excluding tert-OH is 1. The summed E-state index contributed by atoms with van der Waals surface area (Å²) >= 11 is 0. The number of hydrogen-bond acceptors (Lipinski definition) is 3. The van der Waals surface area contributed by atoms with Crippen molar-refractivity contribution in [1.82, 2.24) is 5.32 Å². The van der Waals surface area contributed by atoms with E-state index in [1.54, 1.807) is 6.92 Å². The van der Waals surface area contributed by atoms with Gasteiger partial charge in [0.05, 0.1) is 12.3 Å². The minimum absolute atomic E-state index is 0.319. The molecule has 0 bridgehead atoms. The molecule has 0 rings (SSSR count). The maximum Gasteiger partial charge on any atom is 0.240 e. The lowest BCUT2D eigenvalue weighted by atomic mass is 10.3. The van der Waals surface area contributed by atoms with Crippen molar-refractivity contribution in [3.8, 4) is 0 Å². The summed E-state index contributed by atoms with van der Waals surface area (Å²) in [4.78, 5) is 10.5. The van der Waals surface area contributed by atoms with Gasteiger partial charge in [0.15, 0.2) is 0 Å². The van der Waals surface area contributed by atoms with E-state index in [0.717, 1.165) is 12.5 Å². The number of carbonyl (C=O) groups is 1. The van der Waals surface area contributed by atoms with Crippen LogP contribution in [0.25, 0.3) is 0 Å². The molecule has 0 saturated carbocycles. The normalized spacial score (nSPS) is 13.6. The van der Waals surface area contributed by atoms with Crippen LogP contribution >= 0.6 is 0 Å². The van der Waals surface area contributed by atoms with Crippen molar-refractivity contribution in [3.05, 3.63) is 12.5 Å². The Hall–Kier alpha value is -1.03. The van der Waals surface area contributed by atoms with Gasteiger partial charge in [-0.1, -0.05) is 0 Å². The Balaban J connectivity index is 3.51. The van der Waals surface area contributed by atoms with Gasteiger partial charge in [-0.25, -0.2) is 0 Å². The first-order chi connectivity index (χ1) is 4.18. The Kier molecular flexibility index (Phi) is 3.46. The third-order valence-electron chi connectivity index (χ3n) is 0.714. The number of rotatable bonds is 2. The van der Waals surface area contributed by atoms with Gasteiger partial charge in [0.1, 0.15) is 0 Å². The van der Waals surface area contributed by atoms with Crippen LogP contribution in [0.2, 0.25) is 0 Å². The minimum atomic E-state index is -0.541. The van der Waals surface area contributed by atoms with Crippen molar-refractivity contribution in [2.75, 3.05) is 0 Å². The molecule has 52 valence electrons. The van der Waals surface area contributed by atoms with Gasteiger partial charge in [-0.15, -0.1) is 0 Å². The molecule has 0 aliphatic rings. The highest BCUT2D eigenvalue weighted by atomic mass is 16.2. The minimum Gasteiger partial charge on any atom is -0.514 e. The summed E-state index contributed by atoms with van der Waals surface area (Å²) in [6, 6.07) is -0.541. The molecule has 0 aromatic rings. The van der Waals surface area contributed by atoms with Crippen LogP contribution in [0, 0.1) is 0 Å². The van der Waals surface area contributed by atoms with Gasteiger partial charge in [-0.2, -0.15) is 0 Å². The van der Waals surface area contributed by atoms with Crippen LogP contribution in [-0.2, 0) is 4.79 Å². The van der Waals surface area contributed by atoms with Gasteiger partial charge in [0.2, 0.25) is 5.91 Å². The molecule has 9 heavy (non-hydrogen) atoms. The van der Waals surface area contributed by atoms with Crippen LogP contribution in [0.4, 0.5) is 0 Å². The van der Waals surface area contributed by atoms with Crippen LogP contribution < -0.4 is 11.1 Å². The van der Waals surface area contributed by atoms with Crippen molar-refractivity contribution in [2.45, 2.75) is 13.0 Å². The zero-order chi connectivity index (χ0) is 7.28. The average molecular weight is 130 g/mol. The molecule has 4 nitrogen and oxygen atoms in total. The molecule has 4 heteroatoms. The van der Waals surface area contributed by atoms with Gasteiger partial charge in [-0.05, 0) is 6.92 Å².